The van der Waals surface area contributed by atoms with Gasteiger partial charge in [0.05, 0.1) is 14.2 Å². The van der Waals surface area contributed by atoms with Crippen LogP contribution in [0.2, 0.25) is 5.02 Å². The fourth-order valence-corrected chi connectivity index (χ4v) is 4.50. The molecule has 0 saturated heterocycles. The summed E-state index contributed by atoms with van der Waals surface area (Å²) in [5.41, 5.74) is 4.08. The molecule has 2 N–H and O–H groups in total. The van der Waals surface area contributed by atoms with E-state index >= 15 is 0 Å². The molecule has 3 aromatic carbocycles. The Kier molecular flexibility index (Phi) is 7.20. The van der Waals surface area contributed by atoms with Crippen molar-refractivity contribution >= 4 is 28.4 Å². The molecule has 0 aliphatic carbocycles. The van der Waals surface area contributed by atoms with Crippen molar-refractivity contribution in [3.63, 3.8) is 0 Å². The molecule has 5 nitrogen and oxygen atoms in total. The van der Waals surface area contributed by atoms with Crippen LogP contribution in [0.15, 0.2) is 72.9 Å². The molecular weight excluding hydrogens is 436 g/mol. The molecule has 4 aromatic rings. The Hall–Kier alpha value is -3.44. The summed E-state index contributed by atoms with van der Waals surface area (Å²) < 4.78 is 10.8. The van der Waals surface area contributed by atoms with Crippen LogP contribution in [0.5, 0.6) is 11.5 Å². The molecule has 0 fully saturated rings. The number of para-hydroxylation sites is 2. The number of carbonyl (C=O) groups excluding carboxylic acids is 1. The molecule has 1 atom stereocenters. The number of benzene rings is 3. The number of ether oxygens (including phenoxy) is 2. The van der Waals surface area contributed by atoms with Gasteiger partial charge in [-0.3, -0.25) is 4.79 Å². The second-order valence-electron chi connectivity index (χ2n) is 7.82. The first kappa shape index (κ1) is 22.7. The van der Waals surface area contributed by atoms with Crippen molar-refractivity contribution in [3.05, 3.63) is 94.6 Å². The van der Waals surface area contributed by atoms with Gasteiger partial charge in [0, 0.05) is 41.0 Å². The van der Waals surface area contributed by atoms with Gasteiger partial charge in [-0.05, 0) is 41.3 Å². The Morgan fingerprint density at radius 3 is 2.55 bits per heavy atom. The predicted molar refractivity (Wildman–Crippen MR) is 132 cm³/mol. The number of methoxy groups -OCH3 is 2. The van der Waals surface area contributed by atoms with Gasteiger partial charge in [0.1, 0.15) is 0 Å². The number of aromatic nitrogens is 1. The van der Waals surface area contributed by atoms with Crippen LogP contribution in [0, 0.1) is 0 Å². The Morgan fingerprint density at radius 1 is 0.970 bits per heavy atom. The van der Waals surface area contributed by atoms with Gasteiger partial charge in [0.15, 0.2) is 11.5 Å². The SMILES string of the molecule is COc1cccc(CCC(=O)NCC(c2ccccc2Cl)c2c[nH]c3ccccc23)c1OC. The summed E-state index contributed by atoms with van der Waals surface area (Å²) in [4.78, 5) is 16.1. The fourth-order valence-electron chi connectivity index (χ4n) is 4.23. The minimum atomic E-state index is -0.0786. The topological polar surface area (TPSA) is 63.3 Å². The monoisotopic (exact) mass is 462 g/mol. The number of nitrogens with one attached hydrogen (secondary N) is 2. The van der Waals surface area contributed by atoms with Crippen LogP contribution in [-0.4, -0.2) is 31.7 Å². The number of amides is 1. The number of H-pyrrole nitrogens is 1. The molecule has 6 heteroatoms. The number of rotatable bonds is 9. The molecule has 0 bridgehead atoms. The molecular formula is C27H27ClN2O3. The average Bonchev–Trinajstić information content (AvgIpc) is 3.27. The third-order valence-corrected chi connectivity index (χ3v) is 6.23. The molecule has 1 unspecified atom stereocenters. The van der Waals surface area contributed by atoms with Crippen molar-refractivity contribution in [1.29, 1.82) is 0 Å². The van der Waals surface area contributed by atoms with Gasteiger partial charge in [-0.1, -0.05) is 60.1 Å². The maximum Gasteiger partial charge on any atom is 0.220 e. The highest BCUT2D eigenvalue weighted by atomic mass is 35.5. The van der Waals surface area contributed by atoms with Gasteiger partial charge in [-0.15, -0.1) is 0 Å². The van der Waals surface area contributed by atoms with E-state index in [4.69, 9.17) is 21.1 Å². The Balaban J connectivity index is 1.51. The quantitative estimate of drug-likeness (QED) is 0.334. The molecule has 1 heterocycles. The van der Waals surface area contributed by atoms with Crippen LogP contribution < -0.4 is 14.8 Å². The molecule has 33 heavy (non-hydrogen) atoms. The fraction of sp³-hybridized carbons (Fsp3) is 0.222. The van der Waals surface area contributed by atoms with Gasteiger partial charge < -0.3 is 19.8 Å². The lowest BCUT2D eigenvalue weighted by Gasteiger charge is -2.19. The summed E-state index contributed by atoms with van der Waals surface area (Å²) in [7, 11) is 3.21. The minimum Gasteiger partial charge on any atom is -0.493 e. The van der Waals surface area contributed by atoms with Gasteiger partial charge in [-0.2, -0.15) is 0 Å². The Bertz CT molecular complexity index is 1250. The number of hydrogen-bond donors (Lipinski definition) is 2. The zero-order chi connectivity index (χ0) is 23.2. The number of aromatic amines is 1. The zero-order valence-electron chi connectivity index (χ0n) is 18.7. The molecule has 170 valence electrons. The average molecular weight is 463 g/mol. The second-order valence-corrected chi connectivity index (χ2v) is 8.23. The third-order valence-electron chi connectivity index (χ3n) is 5.89. The summed E-state index contributed by atoms with van der Waals surface area (Å²) in [6.45, 7) is 0.444. The number of aryl methyl sites for hydroxylation is 1. The number of halogens is 1. The summed E-state index contributed by atoms with van der Waals surface area (Å²) in [6, 6.07) is 21.6. The second kappa shape index (κ2) is 10.5. The third kappa shape index (κ3) is 4.99. The maximum atomic E-state index is 12.8. The molecule has 4 rings (SSSR count). The van der Waals surface area contributed by atoms with Gasteiger partial charge >= 0.3 is 0 Å². The van der Waals surface area contributed by atoms with E-state index in [0.717, 1.165) is 27.6 Å². The van der Waals surface area contributed by atoms with Crippen LogP contribution in [0.25, 0.3) is 10.9 Å². The smallest absolute Gasteiger partial charge is 0.220 e. The zero-order valence-corrected chi connectivity index (χ0v) is 19.5. The van der Waals surface area contributed by atoms with E-state index in [0.29, 0.717) is 35.9 Å². The normalized spacial score (nSPS) is 11.8. The van der Waals surface area contributed by atoms with E-state index in [1.54, 1.807) is 14.2 Å². The maximum absolute atomic E-state index is 12.8. The molecule has 0 aliphatic rings. The van der Waals surface area contributed by atoms with Crippen molar-refractivity contribution in [2.45, 2.75) is 18.8 Å². The molecule has 0 radical (unpaired) electrons. The lowest BCUT2D eigenvalue weighted by molar-refractivity contribution is -0.121. The van der Waals surface area contributed by atoms with Crippen LogP contribution in [-0.2, 0) is 11.2 Å². The largest absolute Gasteiger partial charge is 0.493 e. The highest BCUT2D eigenvalue weighted by Gasteiger charge is 2.21. The van der Waals surface area contributed by atoms with Crippen LogP contribution in [0.3, 0.4) is 0 Å². The van der Waals surface area contributed by atoms with Crippen molar-refractivity contribution in [2.75, 3.05) is 20.8 Å². The van der Waals surface area contributed by atoms with E-state index in [1.807, 2.05) is 66.9 Å². The molecule has 0 spiro atoms. The molecule has 1 amide bonds. The first-order chi connectivity index (χ1) is 16.1. The van der Waals surface area contributed by atoms with E-state index in [1.165, 1.54) is 0 Å². The Morgan fingerprint density at radius 2 is 1.76 bits per heavy atom. The lowest BCUT2D eigenvalue weighted by atomic mass is 9.90. The Labute approximate surface area is 198 Å². The van der Waals surface area contributed by atoms with Crippen LogP contribution >= 0.6 is 11.6 Å². The summed E-state index contributed by atoms with van der Waals surface area (Å²) >= 11 is 6.56. The minimum absolute atomic E-state index is 0.0308. The van der Waals surface area contributed by atoms with Gasteiger partial charge in [0.2, 0.25) is 5.91 Å². The van der Waals surface area contributed by atoms with Crippen molar-refractivity contribution in [3.8, 4) is 11.5 Å². The van der Waals surface area contributed by atoms with Crippen molar-refractivity contribution in [2.24, 2.45) is 0 Å². The first-order valence-corrected chi connectivity index (χ1v) is 11.3. The summed E-state index contributed by atoms with van der Waals surface area (Å²) in [6.07, 6.45) is 2.90. The van der Waals surface area contributed by atoms with Crippen molar-refractivity contribution < 1.29 is 14.3 Å². The van der Waals surface area contributed by atoms with E-state index < -0.39 is 0 Å². The van der Waals surface area contributed by atoms with Crippen LogP contribution in [0.4, 0.5) is 0 Å². The van der Waals surface area contributed by atoms with Gasteiger partial charge in [-0.25, -0.2) is 0 Å². The molecule has 0 saturated carbocycles. The van der Waals surface area contributed by atoms with E-state index in [2.05, 4.69) is 16.4 Å². The highest BCUT2D eigenvalue weighted by molar-refractivity contribution is 6.31. The molecule has 1 aromatic heterocycles. The van der Waals surface area contributed by atoms with Crippen molar-refractivity contribution in [1.82, 2.24) is 10.3 Å². The standard InChI is InChI=1S/C27H27ClN2O3/c1-32-25-13-7-8-18(27(25)33-2)14-15-26(31)30-17-21(19-9-3-5-11-23(19)28)22-16-29-24-12-6-4-10-20(22)24/h3-13,16,21,29H,14-15,17H2,1-2H3,(H,30,31). The summed E-state index contributed by atoms with van der Waals surface area (Å²) in [5.74, 6) is 1.22. The number of carbonyl (C=O) groups is 1. The number of fused-ring (bicyclic) bond motifs is 1. The highest BCUT2D eigenvalue weighted by Crippen LogP contribution is 2.34. The molecule has 0 aliphatic heterocycles. The van der Waals surface area contributed by atoms with E-state index in [9.17, 15) is 4.79 Å². The van der Waals surface area contributed by atoms with E-state index in [-0.39, 0.29) is 11.8 Å². The first-order valence-electron chi connectivity index (χ1n) is 10.9. The predicted octanol–water partition coefficient (Wildman–Crippen LogP) is 5.72. The summed E-state index contributed by atoms with van der Waals surface area (Å²) in [5, 5.41) is 4.92. The van der Waals surface area contributed by atoms with Crippen LogP contribution in [0.1, 0.15) is 29.0 Å². The lowest BCUT2D eigenvalue weighted by Crippen LogP contribution is -2.29. The number of hydrogen-bond acceptors (Lipinski definition) is 3. The van der Waals surface area contributed by atoms with Gasteiger partial charge in [0.25, 0.3) is 0 Å².